The Labute approximate surface area is 138 Å². The van der Waals surface area contributed by atoms with Crippen LogP contribution in [0.1, 0.15) is 11.1 Å². The van der Waals surface area contributed by atoms with E-state index in [1.54, 1.807) is 0 Å². The summed E-state index contributed by atoms with van der Waals surface area (Å²) in [5, 5.41) is 0.724. The van der Waals surface area contributed by atoms with Gasteiger partial charge >= 0.3 is 0 Å². The molecule has 1 aromatic heterocycles. The van der Waals surface area contributed by atoms with Gasteiger partial charge in [-0.25, -0.2) is 4.99 Å². The van der Waals surface area contributed by atoms with Crippen LogP contribution in [0.25, 0.3) is 11.4 Å². The molecule has 0 amide bonds. The molecule has 0 spiro atoms. The van der Waals surface area contributed by atoms with E-state index >= 15 is 0 Å². The summed E-state index contributed by atoms with van der Waals surface area (Å²) in [6.07, 6.45) is 0. The van der Waals surface area contributed by atoms with Crippen molar-refractivity contribution in [3.8, 4) is 11.4 Å². The summed E-state index contributed by atoms with van der Waals surface area (Å²) in [7, 11) is 1.99. The highest BCUT2D eigenvalue weighted by Gasteiger charge is 2.06. The van der Waals surface area contributed by atoms with Gasteiger partial charge < -0.3 is 0 Å². The van der Waals surface area contributed by atoms with Crippen LogP contribution in [0.3, 0.4) is 0 Å². The predicted molar refractivity (Wildman–Crippen MR) is 92.7 cm³/mol. The number of hydrogen-bond acceptors (Lipinski definition) is 3. The summed E-state index contributed by atoms with van der Waals surface area (Å²) in [5.74, 6) is 0.893. The zero-order chi connectivity index (χ0) is 15.7. The van der Waals surface area contributed by atoms with Crippen LogP contribution in [0.4, 0.5) is 5.69 Å². The Hall–Kier alpha value is -1.91. The zero-order valence-electron chi connectivity index (χ0n) is 12.7. The summed E-state index contributed by atoms with van der Waals surface area (Å²) in [4.78, 5) is 10.0. The normalized spacial score (nSPS) is 11.9. The molecule has 0 saturated heterocycles. The third kappa shape index (κ3) is 3.29. The Bertz CT molecular complexity index is 855. The highest BCUT2D eigenvalue weighted by Crippen LogP contribution is 2.20. The molecule has 0 aliphatic heterocycles. The number of aromatic nitrogens is 2. The van der Waals surface area contributed by atoms with Crippen molar-refractivity contribution in [3.05, 3.63) is 63.4 Å². The Morgan fingerprint density at radius 2 is 1.68 bits per heavy atom. The van der Waals surface area contributed by atoms with E-state index in [9.17, 15) is 0 Å². The average molecular weight is 330 g/mol. The molecule has 1 heterocycles. The van der Waals surface area contributed by atoms with Crippen molar-refractivity contribution in [3.63, 3.8) is 0 Å². The summed E-state index contributed by atoms with van der Waals surface area (Å²) in [6.45, 7) is 4.15. The lowest BCUT2D eigenvalue weighted by Crippen LogP contribution is -1.97. The molecule has 0 saturated carbocycles. The van der Waals surface area contributed by atoms with Gasteiger partial charge in [-0.15, -0.1) is 0 Å². The van der Waals surface area contributed by atoms with Crippen LogP contribution in [0.2, 0.25) is 5.02 Å². The molecule has 3 aromatic rings. The maximum atomic E-state index is 5.94. The molecular weight excluding hydrogens is 314 g/mol. The largest absolute Gasteiger partial charge is 0.281 e. The van der Waals surface area contributed by atoms with Gasteiger partial charge in [-0.2, -0.15) is 4.98 Å². The number of halogens is 1. The van der Waals surface area contributed by atoms with E-state index in [0.29, 0.717) is 0 Å². The molecule has 0 aliphatic rings. The summed E-state index contributed by atoms with van der Waals surface area (Å²) >= 11 is 7.46. The Kier molecular flexibility index (Phi) is 4.14. The van der Waals surface area contributed by atoms with Gasteiger partial charge in [0, 0.05) is 17.6 Å². The molecule has 0 bridgehead atoms. The summed E-state index contributed by atoms with van der Waals surface area (Å²) in [6, 6.07) is 14.0. The first-order chi connectivity index (χ1) is 10.5. The SMILES string of the molecule is Cc1cc(C)cc(N=c2nc(-c3ccc(Cl)cc3)n(C)s2)c1. The zero-order valence-corrected chi connectivity index (χ0v) is 14.2. The van der Waals surface area contributed by atoms with Gasteiger partial charge in [0.15, 0.2) is 5.82 Å². The van der Waals surface area contributed by atoms with Crippen molar-refractivity contribution < 1.29 is 0 Å². The minimum atomic E-state index is 0.724. The van der Waals surface area contributed by atoms with Crippen molar-refractivity contribution in [2.75, 3.05) is 0 Å². The third-order valence-corrected chi connectivity index (χ3v) is 4.30. The number of nitrogens with zero attached hydrogens (tertiary/aromatic N) is 3. The van der Waals surface area contributed by atoms with Gasteiger partial charge in [0.05, 0.1) is 5.69 Å². The lowest BCUT2D eigenvalue weighted by Gasteiger charge is -1.99. The number of aryl methyl sites for hydroxylation is 3. The molecular formula is C17H16ClN3S. The second kappa shape index (κ2) is 6.07. The van der Waals surface area contributed by atoms with Crippen molar-refractivity contribution in [2.45, 2.75) is 13.8 Å². The van der Waals surface area contributed by atoms with E-state index < -0.39 is 0 Å². The fraction of sp³-hybridized carbons (Fsp3) is 0.176. The molecule has 22 heavy (non-hydrogen) atoms. The standard InChI is InChI=1S/C17H16ClN3S/c1-11-8-12(2)10-15(9-11)19-17-20-16(21(3)22-17)13-4-6-14(18)7-5-13/h4-10H,1-3H3. The molecule has 0 unspecified atom stereocenters. The first-order valence-electron chi connectivity index (χ1n) is 6.94. The number of benzene rings is 2. The van der Waals surface area contributed by atoms with Crippen LogP contribution in [-0.4, -0.2) is 8.94 Å². The van der Waals surface area contributed by atoms with Gasteiger partial charge in [-0.1, -0.05) is 17.7 Å². The van der Waals surface area contributed by atoms with Crippen molar-refractivity contribution >= 4 is 28.8 Å². The summed E-state index contributed by atoms with van der Waals surface area (Å²) in [5.41, 5.74) is 4.38. The van der Waals surface area contributed by atoms with Crippen LogP contribution < -0.4 is 4.80 Å². The second-order valence-corrected chi connectivity index (χ2v) is 6.80. The lowest BCUT2D eigenvalue weighted by atomic mass is 10.1. The first kappa shape index (κ1) is 15.0. The molecule has 112 valence electrons. The second-order valence-electron chi connectivity index (χ2n) is 5.27. The van der Waals surface area contributed by atoms with Crippen molar-refractivity contribution in [2.24, 2.45) is 12.0 Å². The first-order valence-corrected chi connectivity index (χ1v) is 8.10. The maximum Gasteiger partial charge on any atom is 0.227 e. The van der Waals surface area contributed by atoms with Crippen LogP contribution in [0, 0.1) is 13.8 Å². The lowest BCUT2D eigenvalue weighted by molar-refractivity contribution is 1.00. The number of rotatable bonds is 2. The summed E-state index contributed by atoms with van der Waals surface area (Å²) < 4.78 is 2.02. The quantitative estimate of drug-likeness (QED) is 0.673. The van der Waals surface area contributed by atoms with Crippen LogP contribution in [0.15, 0.2) is 47.5 Å². The van der Waals surface area contributed by atoms with E-state index in [1.807, 2.05) is 35.3 Å². The van der Waals surface area contributed by atoms with Crippen LogP contribution >= 0.6 is 23.1 Å². The highest BCUT2D eigenvalue weighted by molar-refractivity contribution is 7.03. The van der Waals surface area contributed by atoms with E-state index in [2.05, 4.69) is 42.0 Å². The topological polar surface area (TPSA) is 30.2 Å². The molecule has 2 aromatic carbocycles. The van der Waals surface area contributed by atoms with Gasteiger partial charge in [0.25, 0.3) is 0 Å². The Balaban J connectivity index is 2.04. The van der Waals surface area contributed by atoms with Gasteiger partial charge in [0.1, 0.15) is 0 Å². The van der Waals surface area contributed by atoms with Gasteiger partial charge in [0.2, 0.25) is 4.80 Å². The van der Waals surface area contributed by atoms with E-state index in [4.69, 9.17) is 11.6 Å². The van der Waals surface area contributed by atoms with Crippen LogP contribution in [-0.2, 0) is 7.05 Å². The van der Waals surface area contributed by atoms with Crippen LogP contribution in [0.5, 0.6) is 0 Å². The molecule has 0 aliphatic carbocycles. The molecule has 3 nitrogen and oxygen atoms in total. The van der Waals surface area contributed by atoms with Crippen molar-refractivity contribution in [1.29, 1.82) is 0 Å². The third-order valence-electron chi connectivity index (χ3n) is 3.25. The molecule has 5 heteroatoms. The fourth-order valence-electron chi connectivity index (χ4n) is 2.36. The monoisotopic (exact) mass is 329 g/mol. The van der Waals surface area contributed by atoms with Crippen molar-refractivity contribution in [1.82, 2.24) is 8.94 Å². The minimum Gasteiger partial charge on any atom is -0.281 e. The van der Waals surface area contributed by atoms with E-state index in [1.165, 1.54) is 22.7 Å². The molecule has 0 fully saturated rings. The van der Waals surface area contributed by atoms with Gasteiger partial charge in [-0.3, -0.25) is 3.96 Å². The Morgan fingerprint density at radius 1 is 1.05 bits per heavy atom. The molecule has 0 radical (unpaired) electrons. The Morgan fingerprint density at radius 3 is 2.32 bits per heavy atom. The maximum absolute atomic E-state index is 5.94. The van der Waals surface area contributed by atoms with E-state index in [0.717, 1.165) is 26.9 Å². The molecule has 3 rings (SSSR count). The number of hydrogen-bond donors (Lipinski definition) is 0. The molecule has 0 atom stereocenters. The van der Waals surface area contributed by atoms with Gasteiger partial charge in [-0.05, 0) is 72.9 Å². The predicted octanol–water partition coefficient (Wildman–Crippen LogP) is 4.65. The fourth-order valence-corrected chi connectivity index (χ4v) is 3.24. The average Bonchev–Trinajstić information content (AvgIpc) is 2.79. The highest BCUT2D eigenvalue weighted by atomic mass is 35.5. The smallest absolute Gasteiger partial charge is 0.227 e. The van der Waals surface area contributed by atoms with E-state index in [-0.39, 0.29) is 0 Å². The minimum absolute atomic E-state index is 0.724. The molecule has 0 N–H and O–H groups in total.